The average Bonchev–Trinajstić information content (AvgIpc) is 2.82. The Morgan fingerprint density at radius 1 is 0.909 bits per heavy atom. The summed E-state index contributed by atoms with van der Waals surface area (Å²) < 4.78 is 2.32. The number of alkyl halides is 2. The van der Waals surface area contributed by atoms with Crippen LogP contribution in [0.15, 0.2) is 59.7 Å². The lowest BCUT2D eigenvalue weighted by molar-refractivity contribution is 0.716. The monoisotopic (exact) mass is 567 g/mol. The quantitative estimate of drug-likeness (QED) is 0.139. The molecule has 33 heavy (non-hydrogen) atoms. The fourth-order valence-corrected chi connectivity index (χ4v) is 4.74. The molecule has 3 rings (SSSR count). The number of nitrogens with zero attached hydrogens (tertiary/aromatic N) is 1. The Balaban J connectivity index is 2.04. The van der Waals surface area contributed by atoms with E-state index < -0.39 is 0 Å². The Morgan fingerprint density at radius 3 is 2.15 bits per heavy atom. The SMILES string of the molecule is C#CCn1cc(-c2cc(CC)cc(CC)c2)c(=O)c(-c2cccc(CCCCC(Br)Br)c2)c1. The van der Waals surface area contributed by atoms with Crippen molar-refractivity contribution in [1.29, 1.82) is 0 Å². The molecule has 0 saturated carbocycles. The Kier molecular flexibility index (Phi) is 9.59. The van der Waals surface area contributed by atoms with Crippen molar-refractivity contribution in [2.75, 3.05) is 0 Å². The number of rotatable bonds is 10. The van der Waals surface area contributed by atoms with E-state index in [1.807, 2.05) is 29.1 Å². The van der Waals surface area contributed by atoms with Gasteiger partial charge in [0.25, 0.3) is 0 Å². The summed E-state index contributed by atoms with van der Waals surface area (Å²) in [5, 5.41) is 0. The third kappa shape index (κ3) is 6.95. The molecule has 0 N–H and O–H groups in total. The Morgan fingerprint density at radius 2 is 1.55 bits per heavy atom. The van der Waals surface area contributed by atoms with Gasteiger partial charge in [-0.1, -0.05) is 101 Å². The van der Waals surface area contributed by atoms with Crippen LogP contribution in [0, 0.1) is 12.3 Å². The van der Waals surface area contributed by atoms with Crippen molar-refractivity contribution in [3.8, 4) is 34.6 Å². The van der Waals surface area contributed by atoms with Crippen molar-refractivity contribution in [2.24, 2.45) is 0 Å². The number of terminal acetylenes is 1. The van der Waals surface area contributed by atoms with Gasteiger partial charge in [0.05, 0.1) is 10.3 Å². The van der Waals surface area contributed by atoms with E-state index in [9.17, 15) is 4.79 Å². The molecular formula is C29H31Br2NO. The molecular weight excluding hydrogens is 538 g/mol. The van der Waals surface area contributed by atoms with Crippen LogP contribution >= 0.6 is 31.9 Å². The van der Waals surface area contributed by atoms with E-state index >= 15 is 0 Å². The maximum Gasteiger partial charge on any atom is 0.197 e. The number of unbranched alkanes of at least 4 members (excludes halogenated alkanes) is 1. The molecule has 0 radical (unpaired) electrons. The summed E-state index contributed by atoms with van der Waals surface area (Å²) in [6.45, 7) is 4.72. The van der Waals surface area contributed by atoms with Crippen LogP contribution in [-0.4, -0.2) is 8.30 Å². The van der Waals surface area contributed by atoms with E-state index in [0.29, 0.717) is 21.4 Å². The molecule has 4 heteroatoms. The minimum Gasteiger partial charge on any atom is -0.341 e. The van der Waals surface area contributed by atoms with E-state index in [0.717, 1.165) is 49.7 Å². The highest BCUT2D eigenvalue weighted by molar-refractivity contribution is 9.24. The van der Waals surface area contributed by atoms with Crippen LogP contribution in [0.5, 0.6) is 0 Å². The van der Waals surface area contributed by atoms with Crippen LogP contribution in [0.1, 0.15) is 49.8 Å². The van der Waals surface area contributed by atoms with Gasteiger partial charge < -0.3 is 4.57 Å². The molecule has 2 nitrogen and oxygen atoms in total. The zero-order valence-corrected chi connectivity index (χ0v) is 22.6. The molecule has 0 aliphatic rings. The summed E-state index contributed by atoms with van der Waals surface area (Å²) in [6.07, 6.45) is 15.6. The van der Waals surface area contributed by atoms with Gasteiger partial charge in [0.2, 0.25) is 0 Å². The van der Waals surface area contributed by atoms with Crippen molar-refractivity contribution < 1.29 is 0 Å². The zero-order chi connectivity index (χ0) is 23.8. The molecule has 1 aromatic heterocycles. The fraction of sp³-hybridized carbons (Fsp3) is 0.345. The molecule has 0 bridgehead atoms. The average molecular weight is 569 g/mol. The highest BCUT2D eigenvalue weighted by Crippen LogP contribution is 2.25. The highest BCUT2D eigenvalue weighted by Gasteiger charge is 2.13. The molecule has 0 atom stereocenters. The zero-order valence-electron chi connectivity index (χ0n) is 19.4. The van der Waals surface area contributed by atoms with Crippen molar-refractivity contribution in [1.82, 2.24) is 4.57 Å². The number of aromatic nitrogens is 1. The second-order valence-corrected chi connectivity index (χ2v) is 11.8. The number of pyridine rings is 1. The van der Waals surface area contributed by atoms with Crippen molar-refractivity contribution in [3.63, 3.8) is 0 Å². The van der Waals surface area contributed by atoms with Crippen LogP contribution in [0.3, 0.4) is 0 Å². The summed E-state index contributed by atoms with van der Waals surface area (Å²) in [4.78, 5) is 13.7. The van der Waals surface area contributed by atoms with Crippen molar-refractivity contribution in [2.45, 2.75) is 62.7 Å². The van der Waals surface area contributed by atoms with Crippen molar-refractivity contribution >= 4 is 31.9 Å². The van der Waals surface area contributed by atoms with Crippen LogP contribution in [-0.2, 0) is 25.8 Å². The highest BCUT2D eigenvalue weighted by atomic mass is 79.9. The van der Waals surface area contributed by atoms with E-state index in [1.165, 1.54) is 16.7 Å². The van der Waals surface area contributed by atoms with Crippen LogP contribution in [0.4, 0.5) is 0 Å². The number of halogens is 2. The van der Waals surface area contributed by atoms with Gasteiger partial charge >= 0.3 is 0 Å². The Labute approximate surface area is 214 Å². The fourth-order valence-electron chi connectivity index (χ4n) is 4.09. The number of hydrogen-bond acceptors (Lipinski definition) is 1. The van der Waals surface area contributed by atoms with Gasteiger partial charge in [-0.25, -0.2) is 0 Å². The van der Waals surface area contributed by atoms with Crippen LogP contribution < -0.4 is 5.43 Å². The van der Waals surface area contributed by atoms with E-state index in [4.69, 9.17) is 6.42 Å². The smallest absolute Gasteiger partial charge is 0.197 e. The van der Waals surface area contributed by atoms with Gasteiger partial charge in [0.15, 0.2) is 5.43 Å². The lowest BCUT2D eigenvalue weighted by atomic mass is 9.95. The summed E-state index contributed by atoms with van der Waals surface area (Å²) in [6, 6.07) is 14.9. The topological polar surface area (TPSA) is 22.0 Å². The second kappa shape index (κ2) is 12.4. The molecule has 3 aromatic rings. The predicted molar refractivity (Wildman–Crippen MR) is 148 cm³/mol. The first-order valence-electron chi connectivity index (χ1n) is 11.6. The second-order valence-electron chi connectivity index (χ2n) is 8.37. The lowest BCUT2D eigenvalue weighted by Crippen LogP contribution is -2.13. The summed E-state index contributed by atoms with van der Waals surface area (Å²) >= 11 is 7.08. The van der Waals surface area contributed by atoms with Gasteiger partial charge in [0, 0.05) is 23.5 Å². The van der Waals surface area contributed by atoms with Gasteiger partial charge in [-0.2, -0.15) is 0 Å². The minimum absolute atomic E-state index is 0.0529. The maximum absolute atomic E-state index is 13.7. The lowest BCUT2D eigenvalue weighted by Gasteiger charge is -2.13. The van der Waals surface area contributed by atoms with E-state index in [-0.39, 0.29) is 5.43 Å². The molecule has 1 heterocycles. The van der Waals surface area contributed by atoms with Crippen LogP contribution in [0.25, 0.3) is 22.3 Å². The van der Waals surface area contributed by atoms with Crippen LogP contribution in [0.2, 0.25) is 0 Å². The summed E-state index contributed by atoms with van der Waals surface area (Å²) in [7, 11) is 0. The molecule has 0 spiro atoms. The minimum atomic E-state index is 0.0529. The summed E-state index contributed by atoms with van der Waals surface area (Å²) in [5.74, 6) is 2.71. The molecule has 0 aliphatic heterocycles. The predicted octanol–water partition coefficient (Wildman–Crippen LogP) is 7.77. The maximum atomic E-state index is 13.7. The third-order valence-electron chi connectivity index (χ3n) is 5.91. The molecule has 0 fully saturated rings. The molecule has 2 aromatic carbocycles. The van der Waals surface area contributed by atoms with E-state index in [2.05, 4.69) is 82.0 Å². The molecule has 0 amide bonds. The van der Waals surface area contributed by atoms with Gasteiger partial charge in [0.1, 0.15) is 0 Å². The Hall–Kier alpha value is -2.09. The third-order valence-corrected chi connectivity index (χ3v) is 6.82. The normalized spacial score (nSPS) is 11.0. The first-order valence-corrected chi connectivity index (χ1v) is 13.5. The number of benzene rings is 2. The molecule has 0 saturated heterocycles. The first kappa shape index (κ1) is 25.5. The Bertz CT molecular complexity index is 1160. The standard InChI is InChI=1S/C29H31Br2NO/c1-4-14-32-19-26(24-12-9-11-23(18-24)10-7-8-13-28(30)31)29(33)27(20-32)25-16-21(5-2)15-22(6-3)17-25/h1,9,11-12,15-20,28H,5-8,10,13-14H2,2-3H3. The molecule has 0 aliphatic carbocycles. The largest absolute Gasteiger partial charge is 0.341 e. The van der Waals surface area contributed by atoms with Gasteiger partial charge in [-0.3, -0.25) is 4.79 Å². The van der Waals surface area contributed by atoms with Crippen molar-refractivity contribution in [3.05, 3.63) is 81.8 Å². The van der Waals surface area contributed by atoms with Gasteiger partial charge in [-0.05, 0) is 59.9 Å². The summed E-state index contributed by atoms with van der Waals surface area (Å²) in [5.41, 5.74) is 7.12. The van der Waals surface area contributed by atoms with E-state index in [1.54, 1.807) is 0 Å². The first-order chi connectivity index (χ1) is 15.9. The molecule has 0 unspecified atom stereocenters. The number of hydrogen-bond donors (Lipinski definition) is 0. The molecule has 172 valence electrons. The number of aryl methyl sites for hydroxylation is 3. The van der Waals surface area contributed by atoms with Gasteiger partial charge in [-0.15, -0.1) is 6.42 Å².